The van der Waals surface area contributed by atoms with Crippen LogP contribution < -0.4 is 15.8 Å². The lowest BCUT2D eigenvalue weighted by molar-refractivity contribution is -0.122. The molecule has 0 fully saturated rings. The number of ether oxygens (including phenoxy) is 1. The van der Waals surface area contributed by atoms with Crippen molar-refractivity contribution in [3.63, 3.8) is 0 Å². The third kappa shape index (κ3) is 4.63. The highest BCUT2D eigenvalue weighted by Gasteiger charge is 2.08. The summed E-state index contributed by atoms with van der Waals surface area (Å²) in [4.78, 5) is 11.3. The van der Waals surface area contributed by atoms with E-state index in [0.717, 1.165) is 16.9 Å². The van der Waals surface area contributed by atoms with Crippen molar-refractivity contribution in [2.75, 3.05) is 7.11 Å². The Bertz CT molecular complexity index is 381. The average Bonchev–Trinajstić information content (AvgIpc) is 2.26. The van der Waals surface area contributed by atoms with E-state index in [9.17, 15) is 4.79 Å². The van der Waals surface area contributed by atoms with Crippen LogP contribution in [0.25, 0.3) is 0 Å². The van der Waals surface area contributed by atoms with E-state index < -0.39 is 6.04 Å². The van der Waals surface area contributed by atoms with Crippen LogP contribution in [0, 0.1) is 6.92 Å². The van der Waals surface area contributed by atoms with Crippen LogP contribution in [0.2, 0.25) is 0 Å². The van der Waals surface area contributed by atoms with Crippen LogP contribution >= 0.6 is 12.4 Å². The van der Waals surface area contributed by atoms with Crippen molar-refractivity contribution in [2.24, 2.45) is 5.73 Å². The zero-order chi connectivity index (χ0) is 12.1. The largest absolute Gasteiger partial charge is 0.496 e. The molecule has 1 rings (SSSR count). The molecule has 0 heterocycles. The first-order valence-corrected chi connectivity index (χ1v) is 5.21. The maximum atomic E-state index is 11.3. The van der Waals surface area contributed by atoms with E-state index in [0.29, 0.717) is 6.54 Å². The van der Waals surface area contributed by atoms with E-state index in [1.807, 2.05) is 25.1 Å². The lowest BCUT2D eigenvalue weighted by Gasteiger charge is -2.11. The number of hydrogen-bond acceptors (Lipinski definition) is 3. The fraction of sp³-hybridized carbons (Fsp3) is 0.417. The van der Waals surface area contributed by atoms with Crippen LogP contribution in [-0.2, 0) is 11.3 Å². The minimum atomic E-state index is -0.489. The molecule has 0 radical (unpaired) electrons. The zero-order valence-corrected chi connectivity index (χ0v) is 11.1. The molecule has 17 heavy (non-hydrogen) atoms. The van der Waals surface area contributed by atoms with Crippen LogP contribution in [0.1, 0.15) is 18.1 Å². The molecular formula is C12H19ClN2O2. The Morgan fingerprint density at radius 2 is 2.18 bits per heavy atom. The van der Waals surface area contributed by atoms with Crippen molar-refractivity contribution in [1.82, 2.24) is 5.32 Å². The topological polar surface area (TPSA) is 64.3 Å². The van der Waals surface area contributed by atoms with Crippen molar-refractivity contribution >= 4 is 18.3 Å². The summed E-state index contributed by atoms with van der Waals surface area (Å²) in [6, 6.07) is 5.37. The summed E-state index contributed by atoms with van der Waals surface area (Å²) in [5.41, 5.74) is 7.52. The van der Waals surface area contributed by atoms with Crippen molar-refractivity contribution in [3.8, 4) is 5.75 Å². The number of benzene rings is 1. The highest BCUT2D eigenvalue weighted by molar-refractivity contribution is 5.85. The summed E-state index contributed by atoms with van der Waals surface area (Å²) in [5, 5.41) is 2.75. The number of halogens is 1. The number of hydrogen-bond donors (Lipinski definition) is 2. The van der Waals surface area contributed by atoms with Gasteiger partial charge in [-0.3, -0.25) is 4.79 Å². The first-order chi connectivity index (χ1) is 7.54. The summed E-state index contributed by atoms with van der Waals surface area (Å²) >= 11 is 0. The van der Waals surface area contributed by atoms with Gasteiger partial charge in [0.05, 0.1) is 13.2 Å². The minimum Gasteiger partial charge on any atom is -0.496 e. The minimum absolute atomic E-state index is 0. The molecule has 0 unspecified atom stereocenters. The van der Waals surface area contributed by atoms with E-state index in [1.165, 1.54) is 0 Å². The van der Waals surface area contributed by atoms with Crippen molar-refractivity contribution in [1.29, 1.82) is 0 Å². The zero-order valence-electron chi connectivity index (χ0n) is 10.3. The van der Waals surface area contributed by atoms with Gasteiger partial charge in [0.15, 0.2) is 0 Å². The van der Waals surface area contributed by atoms with Gasteiger partial charge in [0.25, 0.3) is 0 Å². The number of nitrogens with two attached hydrogens (primary N) is 1. The van der Waals surface area contributed by atoms with Gasteiger partial charge in [0.2, 0.25) is 5.91 Å². The van der Waals surface area contributed by atoms with Gasteiger partial charge in [-0.2, -0.15) is 0 Å². The number of carbonyl (C=O) groups excluding carboxylic acids is 1. The molecule has 4 nitrogen and oxygen atoms in total. The van der Waals surface area contributed by atoms with E-state index >= 15 is 0 Å². The first kappa shape index (κ1) is 15.7. The predicted molar refractivity (Wildman–Crippen MR) is 70.5 cm³/mol. The molecule has 0 saturated heterocycles. The molecule has 5 heteroatoms. The number of carbonyl (C=O) groups is 1. The fourth-order valence-electron chi connectivity index (χ4n) is 1.34. The Hall–Kier alpha value is -1.26. The molecule has 0 spiro atoms. The first-order valence-electron chi connectivity index (χ1n) is 5.21. The van der Waals surface area contributed by atoms with Gasteiger partial charge in [-0.15, -0.1) is 12.4 Å². The van der Waals surface area contributed by atoms with Crippen LogP contribution in [0.3, 0.4) is 0 Å². The highest BCUT2D eigenvalue weighted by Crippen LogP contribution is 2.19. The van der Waals surface area contributed by atoms with Crippen LogP contribution in [0.4, 0.5) is 0 Å². The summed E-state index contributed by atoms with van der Waals surface area (Å²) in [7, 11) is 1.62. The van der Waals surface area contributed by atoms with Crippen LogP contribution in [0.5, 0.6) is 5.75 Å². The molecular weight excluding hydrogens is 240 g/mol. The molecule has 0 aromatic heterocycles. The number of aryl methyl sites for hydroxylation is 1. The Kier molecular flexibility index (Phi) is 6.61. The standard InChI is InChI=1S/C12H18N2O2.ClH/c1-8-4-5-10(11(6-8)16-3)7-14-12(15)9(2)13;/h4-6,9H,7,13H2,1-3H3,(H,14,15);1H/t9-;/m0./s1. The molecule has 0 bridgehead atoms. The lowest BCUT2D eigenvalue weighted by atomic mass is 10.1. The molecule has 96 valence electrons. The smallest absolute Gasteiger partial charge is 0.236 e. The molecule has 0 aliphatic rings. The monoisotopic (exact) mass is 258 g/mol. The van der Waals surface area contributed by atoms with E-state index in [-0.39, 0.29) is 18.3 Å². The molecule has 1 aromatic rings. The van der Waals surface area contributed by atoms with E-state index in [2.05, 4.69) is 5.32 Å². The summed E-state index contributed by atoms with van der Waals surface area (Å²) < 4.78 is 5.24. The lowest BCUT2D eigenvalue weighted by Crippen LogP contribution is -2.37. The van der Waals surface area contributed by atoms with E-state index in [4.69, 9.17) is 10.5 Å². The van der Waals surface area contributed by atoms with Crippen molar-refractivity contribution in [3.05, 3.63) is 29.3 Å². The predicted octanol–water partition coefficient (Wildman–Crippen LogP) is 1.39. The Labute approximate surface area is 108 Å². The van der Waals surface area contributed by atoms with Gasteiger partial charge in [0.1, 0.15) is 5.75 Å². The molecule has 1 aromatic carbocycles. The van der Waals surface area contributed by atoms with Gasteiger partial charge in [-0.05, 0) is 25.5 Å². The van der Waals surface area contributed by atoms with Crippen molar-refractivity contribution < 1.29 is 9.53 Å². The summed E-state index contributed by atoms with van der Waals surface area (Å²) in [5.74, 6) is 0.618. The Balaban J connectivity index is 0.00000256. The third-order valence-corrected chi connectivity index (χ3v) is 2.31. The van der Waals surface area contributed by atoms with Gasteiger partial charge in [-0.1, -0.05) is 12.1 Å². The molecule has 1 atom stereocenters. The van der Waals surface area contributed by atoms with Crippen molar-refractivity contribution in [2.45, 2.75) is 26.4 Å². The Morgan fingerprint density at radius 1 is 1.53 bits per heavy atom. The summed E-state index contributed by atoms with van der Waals surface area (Å²) in [6.07, 6.45) is 0. The van der Waals surface area contributed by atoms with Gasteiger partial charge >= 0.3 is 0 Å². The van der Waals surface area contributed by atoms with Gasteiger partial charge < -0.3 is 15.8 Å². The maximum Gasteiger partial charge on any atom is 0.236 e. The molecule has 3 N–H and O–H groups in total. The van der Waals surface area contributed by atoms with E-state index in [1.54, 1.807) is 14.0 Å². The molecule has 0 aliphatic heterocycles. The summed E-state index contributed by atoms with van der Waals surface area (Å²) in [6.45, 7) is 4.08. The Morgan fingerprint density at radius 3 is 2.71 bits per heavy atom. The normalized spacial score (nSPS) is 11.3. The van der Waals surface area contributed by atoms with Crippen LogP contribution in [0.15, 0.2) is 18.2 Å². The highest BCUT2D eigenvalue weighted by atomic mass is 35.5. The fourth-order valence-corrected chi connectivity index (χ4v) is 1.34. The number of methoxy groups -OCH3 is 1. The van der Waals surface area contributed by atoms with Crippen LogP contribution in [-0.4, -0.2) is 19.1 Å². The number of amides is 1. The maximum absolute atomic E-state index is 11.3. The second-order valence-electron chi connectivity index (χ2n) is 3.82. The number of nitrogens with one attached hydrogen (secondary N) is 1. The number of rotatable bonds is 4. The second kappa shape index (κ2) is 7.14. The second-order valence-corrected chi connectivity index (χ2v) is 3.82. The molecule has 0 saturated carbocycles. The quantitative estimate of drug-likeness (QED) is 0.858. The molecule has 0 aliphatic carbocycles. The SMILES string of the molecule is COc1cc(C)ccc1CNC(=O)[C@H](C)N.Cl. The average molecular weight is 259 g/mol. The van der Waals surface area contributed by atoms with Gasteiger partial charge in [-0.25, -0.2) is 0 Å². The molecule has 1 amide bonds. The third-order valence-electron chi connectivity index (χ3n) is 2.31. The van der Waals surface area contributed by atoms with Gasteiger partial charge in [0, 0.05) is 12.1 Å².